The molecule has 6 heteroatoms. The Balaban J connectivity index is 1.62. The third-order valence-corrected chi connectivity index (χ3v) is 5.73. The summed E-state index contributed by atoms with van der Waals surface area (Å²) in [6, 6.07) is 25.1. The number of nitrogens with zero attached hydrogens (tertiary/aromatic N) is 2. The number of carbonyl (C=O) groups excluding carboxylic acids is 1. The lowest BCUT2D eigenvalue weighted by atomic mass is 10.1. The van der Waals surface area contributed by atoms with Crippen LogP contribution in [-0.2, 0) is 19.6 Å². The molecule has 0 fully saturated rings. The Morgan fingerprint density at radius 3 is 2.38 bits per heavy atom. The molecule has 32 heavy (non-hydrogen) atoms. The highest BCUT2D eigenvalue weighted by Crippen LogP contribution is 2.24. The van der Waals surface area contributed by atoms with E-state index >= 15 is 0 Å². The molecule has 0 bridgehead atoms. The highest BCUT2D eigenvalue weighted by Gasteiger charge is 2.20. The molecule has 0 atom stereocenters. The molecular formula is C26H21Cl2FN2O. The predicted molar refractivity (Wildman–Crippen MR) is 126 cm³/mol. The summed E-state index contributed by atoms with van der Waals surface area (Å²) in [5.41, 5.74) is 3.19. The Morgan fingerprint density at radius 2 is 1.62 bits per heavy atom. The van der Waals surface area contributed by atoms with Gasteiger partial charge in [0.15, 0.2) is 0 Å². The number of rotatable bonds is 7. The van der Waals surface area contributed by atoms with Crippen LogP contribution in [0.4, 0.5) is 4.39 Å². The molecule has 0 aliphatic heterocycles. The van der Waals surface area contributed by atoms with Crippen molar-refractivity contribution in [1.82, 2.24) is 9.47 Å². The van der Waals surface area contributed by atoms with Crippen molar-refractivity contribution in [3.05, 3.63) is 129 Å². The minimum absolute atomic E-state index is 0.186. The Bertz CT molecular complexity index is 1220. The molecule has 3 aromatic carbocycles. The molecule has 0 aliphatic rings. The van der Waals surface area contributed by atoms with Gasteiger partial charge in [-0.15, -0.1) is 0 Å². The van der Waals surface area contributed by atoms with Gasteiger partial charge in [-0.2, -0.15) is 0 Å². The molecule has 3 nitrogen and oxygen atoms in total. The van der Waals surface area contributed by atoms with Crippen LogP contribution >= 0.6 is 23.2 Å². The Hall–Kier alpha value is -3.08. The first kappa shape index (κ1) is 22.1. The molecule has 162 valence electrons. The Kier molecular flexibility index (Phi) is 6.93. The lowest BCUT2D eigenvalue weighted by Gasteiger charge is -2.24. The highest BCUT2D eigenvalue weighted by molar-refractivity contribution is 6.36. The van der Waals surface area contributed by atoms with E-state index in [1.54, 1.807) is 29.2 Å². The maximum Gasteiger partial charge on any atom is 0.256 e. The monoisotopic (exact) mass is 466 g/mol. The largest absolute Gasteiger partial charge is 0.345 e. The van der Waals surface area contributed by atoms with Crippen molar-refractivity contribution in [2.75, 3.05) is 0 Å². The van der Waals surface area contributed by atoms with Crippen LogP contribution < -0.4 is 0 Å². The second-order valence-corrected chi connectivity index (χ2v) is 8.37. The highest BCUT2D eigenvalue weighted by atomic mass is 35.5. The molecule has 0 saturated heterocycles. The van der Waals surface area contributed by atoms with E-state index in [2.05, 4.69) is 0 Å². The van der Waals surface area contributed by atoms with Crippen molar-refractivity contribution in [2.24, 2.45) is 0 Å². The summed E-state index contributed by atoms with van der Waals surface area (Å²) in [6.07, 6.45) is 1.93. The number of benzene rings is 3. The fourth-order valence-electron chi connectivity index (χ4n) is 3.61. The van der Waals surface area contributed by atoms with Crippen LogP contribution in [0.2, 0.25) is 10.0 Å². The average Bonchev–Trinajstić information content (AvgIpc) is 3.20. The molecule has 1 heterocycles. The van der Waals surface area contributed by atoms with Gasteiger partial charge in [-0.1, -0.05) is 65.7 Å². The molecule has 0 aliphatic carbocycles. The van der Waals surface area contributed by atoms with Crippen LogP contribution in [0.3, 0.4) is 0 Å². The number of amides is 1. The van der Waals surface area contributed by atoms with Gasteiger partial charge >= 0.3 is 0 Å². The van der Waals surface area contributed by atoms with E-state index < -0.39 is 0 Å². The van der Waals surface area contributed by atoms with E-state index in [4.69, 9.17) is 23.2 Å². The zero-order chi connectivity index (χ0) is 22.5. The van der Waals surface area contributed by atoms with Crippen LogP contribution in [0.5, 0.6) is 0 Å². The Labute approximate surface area is 196 Å². The first-order chi connectivity index (χ1) is 15.5. The number of carbonyl (C=O) groups is 1. The average molecular weight is 467 g/mol. The molecule has 1 amide bonds. The van der Waals surface area contributed by atoms with Crippen molar-refractivity contribution in [2.45, 2.75) is 19.6 Å². The van der Waals surface area contributed by atoms with Gasteiger partial charge in [-0.3, -0.25) is 4.79 Å². The third kappa shape index (κ3) is 5.39. The topological polar surface area (TPSA) is 25.2 Å². The molecule has 4 aromatic rings. The van der Waals surface area contributed by atoms with E-state index in [-0.39, 0.29) is 11.7 Å². The van der Waals surface area contributed by atoms with Crippen LogP contribution in [-0.4, -0.2) is 15.4 Å². The van der Waals surface area contributed by atoms with E-state index in [1.807, 2.05) is 59.3 Å². The summed E-state index contributed by atoms with van der Waals surface area (Å²) in [6.45, 7) is 1.30. The molecule has 4 rings (SSSR count). The lowest BCUT2D eigenvalue weighted by Crippen LogP contribution is -2.31. The van der Waals surface area contributed by atoms with E-state index in [1.165, 1.54) is 12.1 Å². The normalized spacial score (nSPS) is 10.8. The fraction of sp³-hybridized carbons (Fsp3) is 0.115. The number of halogens is 3. The number of aromatic nitrogens is 1. The van der Waals surface area contributed by atoms with Gasteiger partial charge in [0.1, 0.15) is 5.82 Å². The predicted octanol–water partition coefficient (Wildman–Crippen LogP) is 6.82. The lowest BCUT2D eigenvalue weighted by molar-refractivity contribution is 0.0726. The summed E-state index contributed by atoms with van der Waals surface area (Å²) in [5, 5.41) is 0.792. The first-order valence-electron chi connectivity index (χ1n) is 10.2. The van der Waals surface area contributed by atoms with Crippen molar-refractivity contribution >= 4 is 29.1 Å². The maximum atomic E-state index is 13.6. The van der Waals surface area contributed by atoms with Crippen LogP contribution in [0.15, 0.2) is 91.1 Å². The van der Waals surface area contributed by atoms with Gasteiger partial charge in [-0.25, -0.2) is 4.39 Å². The second kappa shape index (κ2) is 10.0. The van der Waals surface area contributed by atoms with Crippen LogP contribution in [0.25, 0.3) is 0 Å². The quantitative estimate of drug-likeness (QED) is 0.293. The van der Waals surface area contributed by atoms with E-state index in [9.17, 15) is 9.18 Å². The minimum Gasteiger partial charge on any atom is -0.345 e. The molecular weight excluding hydrogens is 446 g/mol. The smallest absolute Gasteiger partial charge is 0.256 e. The summed E-state index contributed by atoms with van der Waals surface area (Å²) in [5.74, 6) is -0.455. The zero-order valence-corrected chi connectivity index (χ0v) is 18.7. The maximum absolute atomic E-state index is 13.6. The molecule has 0 unspecified atom stereocenters. The second-order valence-electron chi connectivity index (χ2n) is 7.53. The van der Waals surface area contributed by atoms with Crippen molar-refractivity contribution in [3.8, 4) is 0 Å². The van der Waals surface area contributed by atoms with Crippen molar-refractivity contribution in [3.63, 3.8) is 0 Å². The van der Waals surface area contributed by atoms with E-state index in [0.717, 1.165) is 16.8 Å². The van der Waals surface area contributed by atoms with Crippen LogP contribution in [0.1, 0.15) is 27.2 Å². The van der Waals surface area contributed by atoms with Crippen molar-refractivity contribution < 1.29 is 9.18 Å². The first-order valence-corrected chi connectivity index (χ1v) is 10.9. The van der Waals surface area contributed by atoms with E-state index in [0.29, 0.717) is 35.2 Å². The molecule has 0 spiro atoms. The molecule has 0 radical (unpaired) electrons. The molecule has 0 saturated carbocycles. The summed E-state index contributed by atoms with van der Waals surface area (Å²) in [4.78, 5) is 15.2. The van der Waals surface area contributed by atoms with Crippen molar-refractivity contribution in [1.29, 1.82) is 0 Å². The SMILES string of the molecule is O=C(c1ccc(Cl)cc1Cl)N(Cc1ccccc1)Cc1cccn1Cc1cccc(F)c1. The molecule has 0 N–H and O–H groups in total. The van der Waals surface area contributed by atoms with Gasteiger partial charge in [0.25, 0.3) is 5.91 Å². The van der Waals surface area contributed by atoms with Gasteiger partial charge in [-0.05, 0) is 53.6 Å². The molecule has 1 aromatic heterocycles. The van der Waals surface area contributed by atoms with Gasteiger partial charge < -0.3 is 9.47 Å². The summed E-state index contributed by atoms with van der Waals surface area (Å²) < 4.78 is 15.6. The van der Waals surface area contributed by atoms with Gasteiger partial charge in [0.2, 0.25) is 0 Å². The Morgan fingerprint density at radius 1 is 0.844 bits per heavy atom. The van der Waals surface area contributed by atoms with Gasteiger partial charge in [0, 0.05) is 30.0 Å². The minimum atomic E-state index is -0.269. The third-order valence-electron chi connectivity index (χ3n) is 5.18. The van der Waals surface area contributed by atoms with Gasteiger partial charge in [0.05, 0.1) is 17.1 Å². The zero-order valence-electron chi connectivity index (χ0n) is 17.2. The number of hydrogen-bond acceptors (Lipinski definition) is 1. The summed E-state index contributed by atoms with van der Waals surface area (Å²) in [7, 11) is 0. The number of hydrogen-bond donors (Lipinski definition) is 0. The fourth-order valence-corrected chi connectivity index (χ4v) is 4.10. The summed E-state index contributed by atoms with van der Waals surface area (Å²) >= 11 is 12.3. The van der Waals surface area contributed by atoms with Crippen LogP contribution in [0, 0.1) is 5.82 Å². The standard InChI is InChI=1S/C26H21Cl2FN2O/c27-21-11-12-24(25(28)15-21)26(32)31(16-19-6-2-1-3-7-19)18-23-10-5-13-30(23)17-20-8-4-9-22(29)14-20/h1-15H,16-18H2.